The highest BCUT2D eigenvalue weighted by molar-refractivity contribution is 5.71. The number of hydrogen-bond acceptors (Lipinski definition) is 15. The number of nitrogens with zero attached hydrogens (tertiary/aromatic N) is 3. The molecule has 0 saturated carbocycles. The van der Waals surface area contributed by atoms with Gasteiger partial charge in [0.1, 0.15) is 0 Å². The van der Waals surface area contributed by atoms with Crippen molar-refractivity contribution in [3.05, 3.63) is 0 Å². The predicted octanol–water partition coefficient (Wildman–Crippen LogP) is 19.3. The van der Waals surface area contributed by atoms with Crippen molar-refractivity contribution in [3.8, 4) is 0 Å². The first-order valence-electron chi connectivity index (χ1n) is 40.3. The van der Waals surface area contributed by atoms with Crippen molar-refractivity contribution in [1.29, 1.82) is 0 Å². The number of hydrogen-bond donors (Lipinski definition) is 0. The first kappa shape index (κ1) is 91.6. The molecule has 0 aromatic heterocycles. The van der Waals surface area contributed by atoms with Crippen molar-refractivity contribution in [3.63, 3.8) is 0 Å². The molecule has 0 aliphatic rings. The van der Waals surface area contributed by atoms with Crippen molar-refractivity contribution < 1.29 is 57.1 Å². The fraction of sp³-hybridized carbons (Fsp3) is 0.949. The van der Waals surface area contributed by atoms with Gasteiger partial charge >= 0.3 is 23.9 Å². The number of esters is 4. The molecule has 0 atom stereocenters. The van der Waals surface area contributed by atoms with Crippen LogP contribution >= 0.6 is 0 Å². The van der Waals surface area contributed by atoms with E-state index >= 15 is 0 Å². The standard InChI is InChI=1S/C79H155N3O12/c1-6-10-14-18-26-38-64-87-68-42-30-22-34-46-72-91-76(83)52-60-81(61-53-77(84)92-73-47-35-23-31-43-69-88-65-39-27-19-15-11-7-2)58-50-56-80(5)57-51-59-82(62-54-78(85)93-74-48-36-24-32-44-70-89-66-40-28-20-16-12-8-3)63-55-79(86)94-75-49-37-25-33-45-71-90-67-41-29-21-17-13-9-4/h6-75H2,1-5H3. The molecule has 0 unspecified atom stereocenters. The highest BCUT2D eigenvalue weighted by Gasteiger charge is 2.16. The molecule has 0 spiro atoms. The van der Waals surface area contributed by atoms with Gasteiger partial charge in [-0.1, -0.05) is 233 Å². The van der Waals surface area contributed by atoms with E-state index in [1.165, 1.54) is 128 Å². The van der Waals surface area contributed by atoms with Crippen LogP contribution in [-0.4, -0.2) is 177 Å². The second kappa shape index (κ2) is 77.9. The molecule has 0 aromatic rings. The van der Waals surface area contributed by atoms with E-state index in [9.17, 15) is 19.2 Å². The van der Waals surface area contributed by atoms with Crippen LogP contribution in [0.4, 0.5) is 0 Å². The van der Waals surface area contributed by atoms with Crippen LogP contribution in [0.5, 0.6) is 0 Å². The molecule has 0 saturated heterocycles. The Bertz CT molecular complexity index is 1350. The van der Waals surface area contributed by atoms with Gasteiger partial charge in [-0.15, -0.1) is 0 Å². The number of unbranched alkanes of at least 4 members (excludes halogenated alkanes) is 36. The molecule has 0 aromatic carbocycles. The minimum Gasteiger partial charge on any atom is -0.466 e. The van der Waals surface area contributed by atoms with E-state index in [2.05, 4.69) is 49.4 Å². The van der Waals surface area contributed by atoms with E-state index in [0.29, 0.717) is 52.6 Å². The van der Waals surface area contributed by atoms with Crippen LogP contribution in [-0.2, 0) is 57.1 Å². The summed E-state index contributed by atoms with van der Waals surface area (Å²) in [4.78, 5) is 58.7. The number of rotatable bonds is 80. The fourth-order valence-electron chi connectivity index (χ4n) is 11.6. The zero-order chi connectivity index (χ0) is 68.2. The Morgan fingerprint density at radius 3 is 0.564 bits per heavy atom. The smallest absolute Gasteiger partial charge is 0.307 e. The van der Waals surface area contributed by atoms with Gasteiger partial charge in [0.25, 0.3) is 0 Å². The Morgan fingerprint density at radius 1 is 0.202 bits per heavy atom. The fourth-order valence-corrected chi connectivity index (χ4v) is 11.6. The summed E-state index contributed by atoms with van der Waals surface area (Å²) in [5.74, 6) is -0.756. The van der Waals surface area contributed by atoms with Gasteiger partial charge in [-0.05, 0) is 123 Å². The van der Waals surface area contributed by atoms with E-state index < -0.39 is 0 Å². The minimum absolute atomic E-state index is 0.189. The normalized spacial score (nSPS) is 11.7. The van der Waals surface area contributed by atoms with Gasteiger partial charge in [0.2, 0.25) is 0 Å². The van der Waals surface area contributed by atoms with Gasteiger partial charge in [-0.3, -0.25) is 19.2 Å². The molecule has 558 valence electrons. The summed E-state index contributed by atoms with van der Waals surface area (Å²) >= 11 is 0. The maximum Gasteiger partial charge on any atom is 0.307 e. The van der Waals surface area contributed by atoms with Crippen LogP contribution in [0.1, 0.15) is 349 Å². The third kappa shape index (κ3) is 73.8. The molecular weight excluding hydrogens is 1180 g/mol. The summed E-state index contributed by atoms with van der Waals surface area (Å²) < 4.78 is 46.1. The van der Waals surface area contributed by atoms with Crippen molar-refractivity contribution in [2.45, 2.75) is 349 Å². The van der Waals surface area contributed by atoms with Crippen LogP contribution in [0.3, 0.4) is 0 Å². The second-order valence-corrected chi connectivity index (χ2v) is 27.2. The van der Waals surface area contributed by atoms with Crippen LogP contribution in [0.15, 0.2) is 0 Å². The van der Waals surface area contributed by atoms with Crippen molar-refractivity contribution >= 4 is 23.9 Å². The zero-order valence-corrected chi connectivity index (χ0v) is 62.7. The van der Waals surface area contributed by atoms with Gasteiger partial charge in [0.05, 0.1) is 52.1 Å². The quantitative estimate of drug-likeness (QED) is 0.0322. The Labute approximate surface area is 580 Å². The number of carbonyl (C=O) groups excluding carboxylic acids is 4. The minimum atomic E-state index is -0.189. The molecule has 94 heavy (non-hydrogen) atoms. The third-order valence-corrected chi connectivity index (χ3v) is 17.9. The van der Waals surface area contributed by atoms with E-state index in [-0.39, 0.29) is 49.6 Å². The SMILES string of the molecule is CCCCCCCCOCCCCCCCOC(=O)CCN(CCCN(C)CCCN(CCC(=O)OCCCCCCCOCCCCCCCC)CCC(=O)OCCCCCCCOCCCCCCCC)CCC(=O)OCCCCCCCOCCCCCCCC. The molecule has 0 fully saturated rings. The predicted molar refractivity (Wildman–Crippen MR) is 391 cm³/mol. The van der Waals surface area contributed by atoms with Crippen molar-refractivity contribution in [1.82, 2.24) is 14.7 Å². The van der Waals surface area contributed by atoms with E-state index in [0.717, 1.165) is 246 Å². The van der Waals surface area contributed by atoms with Crippen LogP contribution in [0.25, 0.3) is 0 Å². The maximum atomic E-state index is 13.0. The highest BCUT2D eigenvalue weighted by Crippen LogP contribution is 2.14. The van der Waals surface area contributed by atoms with E-state index in [1.54, 1.807) is 0 Å². The number of ether oxygens (including phenoxy) is 8. The Kier molecular flexibility index (Phi) is 76.0. The average molecular weight is 1340 g/mol. The van der Waals surface area contributed by atoms with Crippen molar-refractivity contribution in [2.24, 2.45) is 0 Å². The van der Waals surface area contributed by atoms with Gasteiger partial charge in [0.15, 0.2) is 0 Å². The Balaban J connectivity index is 5.09. The molecule has 15 nitrogen and oxygen atoms in total. The summed E-state index contributed by atoms with van der Waals surface area (Å²) in [6.45, 7) is 22.9. The molecule has 0 radical (unpaired) electrons. The molecule has 0 bridgehead atoms. The van der Waals surface area contributed by atoms with Crippen LogP contribution < -0.4 is 0 Å². The van der Waals surface area contributed by atoms with E-state index in [4.69, 9.17) is 37.9 Å². The lowest BCUT2D eigenvalue weighted by molar-refractivity contribution is -0.146. The lowest BCUT2D eigenvalue weighted by Crippen LogP contribution is -2.34. The van der Waals surface area contributed by atoms with Crippen molar-refractivity contribution in [2.75, 3.05) is 139 Å². The first-order chi connectivity index (χ1) is 46.2. The summed E-state index contributed by atoms with van der Waals surface area (Å²) in [7, 11) is 2.13. The zero-order valence-electron chi connectivity index (χ0n) is 62.7. The summed E-state index contributed by atoms with van der Waals surface area (Å²) in [5.41, 5.74) is 0. The topological polar surface area (TPSA) is 152 Å². The Hall–Kier alpha value is -2.40. The molecule has 0 aliphatic heterocycles. The largest absolute Gasteiger partial charge is 0.466 e. The van der Waals surface area contributed by atoms with Gasteiger partial charge in [-0.25, -0.2) is 0 Å². The lowest BCUT2D eigenvalue weighted by atomic mass is 10.1. The lowest BCUT2D eigenvalue weighted by Gasteiger charge is -2.25. The molecule has 0 heterocycles. The van der Waals surface area contributed by atoms with Crippen LogP contribution in [0, 0.1) is 0 Å². The van der Waals surface area contributed by atoms with Gasteiger partial charge < -0.3 is 52.6 Å². The molecular formula is C79H155N3O12. The summed E-state index contributed by atoms with van der Waals surface area (Å²) in [6, 6.07) is 0. The highest BCUT2D eigenvalue weighted by atomic mass is 16.5. The number of carbonyl (C=O) groups is 4. The Morgan fingerprint density at radius 2 is 0.372 bits per heavy atom. The summed E-state index contributed by atoms with van der Waals surface area (Å²) in [6.07, 6.45) is 54.6. The maximum absolute atomic E-state index is 13.0. The molecule has 0 amide bonds. The van der Waals surface area contributed by atoms with E-state index in [1.807, 2.05) is 0 Å². The summed E-state index contributed by atoms with van der Waals surface area (Å²) in [5, 5.41) is 0. The second-order valence-electron chi connectivity index (χ2n) is 27.2. The van der Waals surface area contributed by atoms with Gasteiger partial charge in [-0.2, -0.15) is 0 Å². The third-order valence-electron chi connectivity index (χ3n) is 17.9. The first-order valence-corrected chi connectivity index (χ1v) is 40.3. The molecule has 0 rings (SSSR count). The van der Waals surface area contributed by atoms with Gasteiger partial charge in [0, 0.05) is 79.0 Å². The average Bonchev–Trinajstić information content (AvgIpc) is 3.62. The molecule has 0 N–H and O–H groups in total. The molecule has 15 heteroatoms. The molecule has 0 aliphatic carbocycles. The van der Waals surface area contributed by atoms with Crippen LogP contribution in [0.2, 0.25) is 0 Å². The monoisotopic (exact) mass is 1340 g/mol.